The van der Waals surface area contributed by atoms with Crippen LogP contribution in [0.25, 0.3) is 10.8 Å². The summed E-state index contributed by atoms with van der Waals surface area (Å²) in [5.41, 5.74) is 1.12. The van der Waals surface area contributed by atoms with Gasteiger partial charge in [-0.3, -0.25) is 0 Å². The van der Waals surface area contributed by atoms with Gasteiger partial charge in [0.2, 0.25) is 0 Å². The minimum absolute atomic E-state index is 0. The average Bonchev–Trinajstić information content (AvgIpc) is 2.57. The number of quaternary nitrogens is 1. The quantitative estimate of drug-likeness (QED) is 0.712. The number of carbonyl (C=O) groups is 1. The topological polar surface area (TPSA) is 29.5 Å². The number of nitrogens with zero attached hydrogens (tertiary/aromatic N) is 2. The van der Waals surface area contributed by atoms with E-state index in [0.717, 1.165) is 33.1 Å². The fourth-order valence-electron chi connectivity index (χ4n) is 3.56. The molecule has 3 rings (SSSR count). The van der Waals surface area contributed by atoms with Gasteiger partial charge in [0.05, 0.1) is 20.1 Å². The Balaban J connectivity index is 0.00000225. The molecular weight excluding hydrogens is 380 g/mol. The van der Waals surface area contributed by atoms with Gasteiger partial charge in [0.1, 0.15) is 12.3 Å². The molecular formula is C20H27BrN2O2. The number of halogens is 1. The van der Waals surface area contributed by atoms with E-state index < -0.39 is 0 Å². The number of benzene rings is 2. The second-order valence-corrected chi connectivity index (χ2v) is 7.32. The Kier molecular flexibility index (Phi) is 6.47. The zero-order valence-corrected chi connectivity index (χ0v) is 16.9. The maximum atomic E-state index is 12.2. The van der Waals surface area contributed by atoms with Crippen LogP contribution in [0, 0.1) is 0 Å². The molecule has 1 saturated heterocycles. The predicted molar refractivity (Wildman–Crippen MR) is 97.1 cm³/mol. The number of likely N-dealkylation sites (tertiary alicyclic amines) is 1. The van der Waals surface area contributed by atoms with Gasteiger partial charge in [-0.05, 0) is 30.7 Å². The number of fused-ring (bicyclic) bond motifs is 1. The molecule has 0 bridgehead atoms. The number of carbonyl (C=O) groups excluding carboxylic acids is 1. The van der Waals surface area contributed by atoms with Crippen LogP contribution in [0.1, 0.15) is 24.8 Å². The molecule has 0 aliphatic carbocycles. The first-order valence-electron chi connectivity index (χ1n) is 8.72. The third-order valence-electron chi connectivity index (χ3n) is 4.96. The maximum Gasteiger partial charge on any atom is 0.414 e. The molecule has 25 heavy (non-hydrogen) atoms. The minimum Gasteiger partial charge on any atom is -1.00 e. The predicted octanol–water partition coefficient (Wildman–Crippen LogP) is 1.03. The van der Waals surface area contributed by atoms with E-state index in [9.17, 15) is 4.79 Å². The summed E-state index contributed by atoms with van der Waals surface area (Å²) in [6, 6.07) is 12.4. The van der Waals surface area contributed by atoms with Crippen LogP contribution in [-0.4, -0.2) is 49.7 Å². The Hall–Kier alpha value is -1.59. The molecule has 5 heteroatoms. The van der Waals surface area contributed by atoms with Gasteiger partial charge >= 0.3 is 6.09 Å². The van der Waals surface area contributed by atoms with E-state index >= 15 is 0 Å². The minimum atomic E-state index is -0.325. The zero-order valence-electron chi connectivity index (χ0n) is 15.3. The molecule has 0 aromatic heterocycles. The first-order valence-corrected chi connectivity index (χ1v) is 8.72. The molecule has 2 aromatic rings. The lowest BCUT2D eigenvalue weighted by Gasteiger charge is -2.38. The summed E-state index contributed by atoms with van der Waals surface area (Å²) >= 11 is 0. The van der Waals surface area contributed by atoms with Gasteiger partial charge in [-0.15, -0.1) is 0 Å². The maximum absolute atomic E-state index is 12.2. The van der Waals surface area contributed by atoms with Gasteiger partial charge in [-0.25, -0.2) is 4.79 Å². The monoisotopic (exact) mass is 406 g/mol. The summed E-state index contributed by atoms with van der Waals surface area (Å²) in [6.45, 7) is 3.28. The van der Waals surface area contributed by atoms with E-state index in [4.69, 9.17) is 4.74 Å². The highest BCUT2D eigenvalue weighted by Gasteiger charge is 2.27. The van der Waals surface area contributed by atoms with Crippen molar-refractivity contribution >= 4 is 16.9 Å². The number of piperidine rings is 1. The second kappa shape index (κ2) is 8.19. The van der Waals surface area contributed by atoms with Crippen LogP contribution < -0.4 is 21.7 Å². The molecule has 0 N–H and O–H groups in total. The Labute approximate surface area is 160 Å². The highest BCUT2D eigenvalue weighted by atomic mass is 79.9. The third-order valence-corrected chi connectivity index (χ3v) is 4.96. The zero-order chi connectivity index (χ0) is 17.2. The number of ether oxygens (including phenoxy) is 1. The fraction of sp³-hybridized carbons (Fsp3) is 0.450. The van der Waals surface area contributed by atoms with E-state index in [1.54, 1.807) is 14.1 Å². The summed E-state index contributed by atoms with van der Waals surface area (Å²) in [6.07, 6.45) is 3.55. The molecule has 0 saturated carbocycles. The van der Waals surface area contributed by atoms with Crippen molar-refractivity contribution in [2.24, 2.45) is 0 Å². The molecule has 2 aromatic carbocycles. The normalized spacial score (nSPS) is 16.1. The van der Waals surface area contributed by atoms with Gasteiger partial charge in [-0.1, -0.05) is 30.3 Å². The molecule has 0 radical (unpaired) electrons. The van der Waals surface area contributed by atoms with E-state index in [1.165, 1.54) is 37.3 Å². The Morgan fingerprint density at radius 2 is 1.76 bits per heavy atom. The van der Waals surface area contributed by atoms with Crippen molar-refractivity contribution in [1.82, 2.24) is 4.90 Å². The Morgan fingerprint density at radius 3 is 2.44 bits per heavy atom. The molecule has 0 unspecified atom stereocenters. The standard InChI is InChI=1S/C20H27N2O2.BrH/c1-21(2)20(23)24-19-17(15-22(3)13-7-4-8-14-22)12-11-16-9-5-6-10-18(16)19;/h5-6,9-12H,4,7-8,13-15H2,1-3H3;1H/q+1;/p-1. The van der Waals surface area contributed by atoms with Crippen molar-refractivity contribution < 1.29 is 31.0 Å². The summed E-state index contributed by atoms with van der Waals surface area (Å²) in [5, 5.41) is 2.11. The number of hydrogen-bond acceptors (Lipinski definition) is 2. The molecule has 1 aliphatic heterocycles. The van der Waals surface area contributed by atoms with Crippen molar-refractivity contribution in [3.63, 3.8) is 0 Å². The molecule has 1 amide bonds. The van der Waals surface area contributed by atoms with Gasteiger partial charge in [0.15, 0.2) is 0 Å². The van der Waals surface area contributed by atoms with Gasteiger partial charge in [-0.2, -0.15) is 0 Å². The third kappa shape index (κ3) is 4.53. The number of rotatable bonds is 3. The van der Waals surface area contributed by atoms with E-state index in [2.05, 4.69) is 25.2 Å². The lowest BCUT2D eigenvalue weighted by atomic mass is 10.0. The Bertz CT molecular complexity index is 740. The second-order valence-electron chi connectivity index (χ2n) is 7.32. The van der Waals surface area contributed by atoms with Gasteiger partial charge in [0, 0.05) is 25.0 Å². The average molecular weight is 407 g/mol. The molecule has 0 atom stereocenters. The number of hydrogen-bond donors (Lipinski definition) is 0. The van der Waals surface area contributed by atoms with E-state index in [0.29, 0.717) is 0 Å². The molecule has 1 aliphatic rings. The largest absolute Gasteiger partial charge is 1.00 e. The SMILES string of the molecule is CN(C)C(=O)Oc1c(C[N+]2(C)CCCCC2)ccc2ccccc12.[Br-]. The first-order chi connectivity index (χ1) is 11.5. The summed E-state index contributed by atoms with van der Waals surface area (Å²) in [4.78, 5) is 13.7. The van der Waals surface area contributed by atoms with Crippen LogP contribution in [-0.2, 0) is 6.54 Å². The van der Waals surface area contributed by atoms with Gasteiger partial charge in [0.25, 0.3) is 0 Å². The Morgan fingerprint density at radius 1 is 1.08 bits per heavy atom. The highest BCUT2D eigenvalue weighted by Crippen LogP contribution is 2.33. The van der Waals surface area contributed by atoms with Gasteiger partial charge < -0.3 is 31.1 Å². The summed E-state index contributed by atoms with van der Waals surface area (Å²) in [7, 11) is 5.74. The molecule has 136 valence electrons. The van der Waals surface area contributed by atoms with Crippen LogP contribution in [0.15, 0.2) is 36.4 Å². The van der Waals surface area contributed by atoms with Crippen LogP contribution >= 0.6 is 0 Å². The first kappa shape index (κ1) is 19.7. The molecule has 4 nitrogen and oxygen atoms in total. The lowest BCUT2D eigenvalue weighted by molar-refractivity contribution is -0.926. The van der Waals surface area contributed by atoms with Crippen LogP contribution in [0.3, 0.4) is 0 Å². The summed E-state index contributed by atoms with van der Waals surface area (Å²) in [5.74, 6) is 0.719. The van der Waals surface area contributed by atoms with Crippen LogP contribution in [0.2, 0.25) is 0 Å². The molecule has 1 heterocycles. The number of amides is 1. The summed E-state index contributed by atoms with van der Waals surface area (Å²) < 4.78 is 6.80. The van der Waals surface area contributed by atoms with Crippen LogP contribution in [0.4, 0.5) is 4.79 Å². The van der Waals surface area contributed by atoms with Crippen molar-refractivity contribution in [2.45, 2.75) is 25.8 Å². The molecule has 0 spiro atoms. The molecule has 1 fully saturated rings. The van der Waals surface area contributed by atoms with Crippen molar-refractivity contribution in [1.29, 1.82) is 0 Å². The van der Waals surface area contributed by atoms with Crippen molar-refractivity contribution in [3.8, 4) is 5.75 Å². The fourth-order valence-corrected chi connectivity index (χ4v) is 3.56. The van der Waals surface area contributed by atoms with E-state index in [1.807, 2.05) is 18.2 Å². The van der Waals surface area contributed by atoms with Crippen molar-refractivity contribution in [2.75, 3.05) is 34.2 Å². The van der Waals surface area contributed by atoms with Crippen molar-refractivity contribution in [3.05, 3.63) is 42.0 Å². The highest BCUT2D eigenvalue weighted by molar-refractivity contribution is 5.91. The van der Waals surface area contributed by atoms with E-state index in [-0.39, 0.29) is 23.1 Å². The van der Waals surface area contributed by atoms with Crippen LogP contribution in [0.5, 0.6) is 5.75 Å². The lowest BCUT2D eigenvalue weighted by Crippen LogP contribution is -3.00. The smallest absolute Gasteiger partial charge is 0.414 e.